The number of hydrogen-bond acceptors (Lipinski definition) is 6. The number of nitrogen functional groups attached to an aromatic ring is 1. The van der Waals surface area contributed by atoms with Gasteiger partial charge in [-0.15, -0.1) is 0 Å². The summed E-state index contributed by atoms with van der Waals surface area (Å²) in [5, 5.41) is 3.15. The molecule has 0 unspecified atom stereocenters. The van der Waals surface area contributed by atoms with Crippen LogP contribution in [0.1, 0.15) is 5.69 Å². The van der Waals surface area contributed by atoms with Crippen LogP contribution >= 0.6 is 0 Å². The highest BCUT2D eigenvalue weighted by Gasteiger charge is 2.17. The lowest BCUT2D eigenvalue weighted by Gasteiger charge is -2.19. The minimum atomic E-state index is 0.350. The number of nitrogens with two attached hydrogens (primary N) is 1. The van der Waals surface area contributed by atoms with Gasteiger partial charge in [-0.1, -0.05) is 0 Å². The van der Waals surface area contributed by atoms with Gasteiger partial charge >= 0.3 is 0 Å². The van der Waals surface area contributed by atoms with E-state index in [1.54, 1.807) is 6.20 Å². The summed E-state index contributed by atoms with van der Waals surface area (Å²) in [6, 6.07) is 3.84. The maximum absolute atomic E-state index is 5.87. The van der Waals surface area contributed by atoms with Gasteiger partial charge in [0.2, 0.25) is 5.75 Å². The molecule has 0 aromatic carbocycles. The average molecular weight is 243 g/mol. The van der Waals surface area contributed by atoms with E-state index in [0.717, 1.165) is 17.8 Å². The van der Waals surface area contributed by atoms with E-state index in [9.17, 15) is 0 Å². The van der Waals surface area contributed by atoms with Gasteiger partial charge in [-0.25, -0.2) is 9.97 Å². The van der Waals surface area contributed by atoms with Crippen molar-refractivity contribution >= 4 is 11.6 Å². The van der Waals surface area contributed by atoms with E-state index in [-0.39, 0.29) is 0 Å². The number of fused-ring (bicyclic) bond motifs is 1. The molecular weight excluding hydrogens is 230 g/mol. The number of pyridine rings is 1. The lowest BCUT2D eigenvalue weighted by molar-refractivity contribution is 0.322. The molecule has 1 aliphatic heterocycles. The number of aryl methyl sites for hydroxylation is 1. The molecule has 1 aliphatic rings. The quantitative estimate of drug-likeness (QED) is 0.783. The molecule has 2 aromatic rings. The van der Waals surface area contributed by atoms with Crippen molar-refractivity contribution in [3.05, 3.63) is 24.0 Å². The van der Waals surface area contributed by atoms with Gasteiger partial charge in [0.15, 0.2) is 17.5 Å². The summed E-state index contributed by atoms with van der Waals surface area (Å²) in [7, 11) is 0. The Morgan fingerprint density at radius 1 is 1.33 bits per heavy atom. The van der Waals surface area contributed by atoms with Crippen LogP contribution in [0.25, 0.3) is 11.4 Å². The molecule has 92 valence electrons. The second kappa shape index (κ2) is 4.14. The Bertz CT molecular complexity index is 582. The molecule has 0 atom stereocenters. The smallest absolute Gasteiger partial charge is 0.204 e. The summed E-state index contributed by atoms with van der Waals surface area (Å²) in [4.78, 5) is 12.9. The molecule has 0 amide bonds. The van der Waals surface area contributed by atoms with Crippen molar-refractivity contribution in [1.82, 2.24) is 15.0 Å². The minimum Gasteiger partial charge on any atom is -0.485 e. The van der Waals surface area contributed by atoms with E-state index in [0.29, 0.717) is 29.8 Å². The molecule has 6 heteroatoms. The SMILES string of the molecule is Cc1ccc(-c2nc(N)c3c(n2)NCCO3)cn1. The molecule has 6 nitrogen and oxygen atoms in total. The summed E-state index contributed by atoms with van der Waals surface area (Å²) >= 11 is 0. The van der Waals surface area contributed by atoms with Crippen molar-refractivity contribution in [2.45, 2.75) is 6.92 Å². The van der Waals surface area contributed by atoms with Crippen molar-refractivity contribution in [1.29, 1.82) is 0 Å². The summed E-state index contributed by atoms with van der Waals surface area (Å²) in [6.07, 6.45) is 1.74. The first kappa shape index (κ1) is 10.8. The highest BCUT2D eigenvalue weighted by atomic mass is 16.5. The Morgan fingerprint density at radius 2 is 2.22 bits per heavy atom. The first-order valence-electron chi connectivity index (χ1n) is 5.71. The van der Waals surface area contributed by atoms with Gasteiger partial charge in [0.05, 0.1) is 6.54 Å². The van der Waals surface area contributed by atoms with Gasteiger partial charge in [0.1, 0.15) is 6.61 Å². The van der Waals surface area contributed by atoms with Crippen LogP contribution in [-0.2, 0) is 0 Å². The number of ether oxygens (including phenoxy) is 1. The van der Waals surface area contributed by atoms with Crippen LogP contribution in [0.15, 0.2) is 18.3 Å². The van der Waals surface area contributed by atoms with Gasteiger partial charge in [-0.3, -0.25) is 4.98 Å². The van der Waals surface area contributed by atoms with Crippen LogP contribution in [0, 0.1) is 6.92 Å². The van der Waals surface area contributed by atoms with Gasteiger partial charge in [0.25, 0.3) is 0 Å². The zero-order valence-electron chi connectivity index (χ0n) is 9.97. The Hall–Kier alpha value is -2.37. The Kier molecular flexibility index (Phi) is 2.47. The molecule has 3 N–H and O–H groups in total. The number of nitrogens with zero attached hydrogens (tertiary/aromatic N) is 3. The second-order valence-corrected chi connectivity index (χ2v) is 4.07. The largest absolute Gasteiger partial charge is 0.485 e. The van der Waals surface area contributed by atoms with E-state index in [4.69, 9.17) is 10.5 Å². The lowest BCUT2D eigenvalue weighted by Crippen LogP contribution is -2.21. The predicted molar refractivity (Wildman–Crippen MR) is 68.4 cm³/mol. The van der Waals surface area contributed by atoms with Gasteiger partial charge < -0.3 is 15.8 Å². The number of nitrogens with one attached hydrogen (secondary N) is 1. The maximum Gasteiger partial charge on any atom is 0.204 e. The van der Waals surface area contributed by atoms with E-state index in [2.05, 4.69) is 20.3 Å². The Balaban J connectivity index is 2.08. The number of hydrogen-bond donors (Lipinski definition) is 2. The molecule has 0 bridgehead atoms. The van der Waals surface area contributed by atoms with Crippen molar-refractivity contribution < 1.29 is 4.74 Å². The van der Waals surface area contributed by atoms with Crippen LogP contribution in [0.5, 0.6) is 5.75 Å². The fourth-order valence-electron chi connectivity index (χ4n) is 1.78. The highest BCUT2D eigenvalue weighted by molar-refractivity contribution is 5.68. The van der Waals surface area contributed by atoms with Crippen LogP contribution < -0.4 is 15.8 Å². The molecule has 0 fully saturated rings. The third-order valence-electron chi connectivity index (χ3n) is 2.70. The molecule has 18 heavy (non-hydrogen) atoms. The lowest BCUT2D eigenvalue weighted by atomic mass is 10.2. The Labute approximate surface area is 104 Å². The summed E-state index contributed by atoms with van der Waals surface area (Å²) in [5.41, 5.74) is 7.66. The molecule has 0 spiro atoms. The van der Waals surface area contributed by atoms with E-state index >= 15 is 0 Å². The standard InChI is InChI=1S/C12H13N5O/c1-7-2-3-8(6-15-7)11-16-10(13)9-12(17-11)14-4-5-18-9/h2-3,6H,4-5H2,1H3,(H3,13,14,16,17). The average Bonchev–Trinajstić information content (AvgIpc) is 2.39. The summed E-state index contributed by atoms with van der Waals surface area (Å²) in [5.74, 6) is 2.08. The molecule has 0 aliphatic carbocycles. The first-order valence-corrected chi connectivity index (χ1v) is 5.71. The van der Waals surface area contributed by atoms with Crippen LogP contribution in [-0.4, -0.2) is 28.1 Å². The molecule has 0 radical (unpaired) electrons. The topological polar surface area (TPSA) is 86.0 Å². The molecule has 3 rings (SSSR count). The van der Waals surface area contributed by atoms with Crippen molar-refractivity contribution in [3.63, 3.8) is 0 Å². The summed E-state index contributed by atoms with van der Waals surface area (Å²) < 4.78 is 5.44. The molecule has 0 saturated carbocycles. The van der Waals surface area contributed by atoms with Crippen molar-refractivity contribution in [3.8, 4) is 17.1 Å². The van der Waals surface area contributed by atoms with Crippen LogP contribution in [0.3, 0.4) is 0 Å². The van der Waals surface area contributed by atoms with Gasteiger partial charge in [-0.2, -0.15) is 0 Å². The third-order valence-corrected chi connectivity index (χ3v) is 2.70. The predicted octanol–water partition coefficient (Wildman–Crippen LogP) is 1.23. The van der Waals surface area contributed by atoms with Crippen LogP contribution in [0.2, 0.25) is 0 Å². The number of anilines is 2. The fourth-order valence-corrected chi connectivity index (χ4v) is 1.78. The molecule has 0 saturated heterocycles. The normalized spacial score (nSPS) is 13.4. The van der Waals surface area contributed by atoms with Gasteiger partial charge in [0, 0.05) is 17.5 Å². The molecule has 3 heterocycles. The van der Waals surface area contributed by atoms with E-state index < -0.39 is 0 Å². The Morgan fingerprint density at radius 3 is 3.00 bits per heavy atom. The zero-order chi connectivity index (χ0) is 12.5. The van der Waals surface area contributed by atoms with Crippen molar-refractivity contribution in [2.24, 2.45) is 0 Å². The van der Waals surface area contributed by atoms with Crippen molar-refractivity contribution in [2.75, 3.05) is 24.2 Å². The summed E-state index contributed by atoms with van der Waals surface area (Å²) in [6.45, 7) is 3.22. The van der Waals surface area contributed by atoms with Crippen LogP contribution in [0.4, 0.5) is 11.6 Å². The van der Waals surface area contributed by atoms with E-state index in [1.807, 2.05) is 19.1 Å². The first-order chi connectivity index (χ1) is 8.74. The van der Waals surface area contributed by atoms with Gasteiger partial charge in [-0.05, 0) is 19.1 Å². The monoisotopic (exact) mass is 243 g/mol. The highest BCUT2D eigenvalue weighted by Crippen LogP contribution is 2.32. The molecule has 2 aromatic heterocycles. The minimum absolute atomic E-state index is 0.350. The number of aromatic nitrogens is 3. The second-order valence-electron chi connectivity index (χ2n) is 4.07. The molecular formula is C12H13N5O. The fraction of sp³-hybridized carbons (Fsp3) is 0.250. The zero-order valence-corrected chi connectivity index (χ0v) is 9.97. The third kappa shape index (κ3) is 1.81. The van der Waals surface area contributed by atoms with E-state index in [1.165, 1.54) is 0 Å². The number of rotatable bonds is 1. The maximum atomic E-state index is 5.87.